The first-order valence-electron chi connectivity index (χ1n) is 13.8. The normalized spacial score (nSPS) is 45.0. The molecule has 4 aliphatic rings. The van der Waals surface area contributed by atoms with E-state index in [1.807, 2.05) is 10.9 Å². The van der Waals surface area contributed by atoms with Crippen LogP contribution in [0.4, 0.5) is 0 Å². The first-order chi connectivity index (χ1) is 15.4. The maximum atomic E-state index is 9.15. The maximum Gasteiger partial charge on any atom is 0.102 e. The van der Waals surface area contributed by atoms with Crippen LogP contribution in [0, 0.1) is 70.0 Å². The van der Waals surface area contributed by atoms with Gasteiger partial charge in [-0.15, -0.1) is 0 Å². The molecule has 0 spiro atoms. The fraction of sp³-hybridized carbons (Fsp3) is 0.862. The molecule has 0 amide bonds. The third-order valence-corrected chi connectivity index (χ3v) is 11.2. The minimum atomic E-state index is 0.507. The molecule has 0 N–H and O–H groups in total. The van der Waals surface area contributed by atoms with Crippen LogP contribution in [0.3, 0.4) is 0 Å². The number of nitriles is 1. The van der Waals surface area contributed by atoms with Crippen LogP contribution < -0.4 is 0 Å². The quantitative estimate of drug-likeness (QED) is 0.499. The summed E-state index contributed by atoms with van der Waals surface area (Å²) in [6.07, 6.45) is 18.4. The highest BCUT2D eigenvalue weighted by Gasteiger charge is 2.57. The topological polar surface area (TPSA) is 41.6 Å². The second-order valence-electron chi connectivity index (χ2n) is 12.9. The van der Waals surface area contributed by atoms with E-state index in [4.69, 9.17) is 5.26 Å². The maximum absolute atomic E-state index is 9.15. The summed E-state index contributed by atoms with van der Waals surface area (Å²) in [6, 6.07) is 2.23. The summed E-state index contributed by atoms with van der Waals surface area (Å²) >= 11 is 0. The van der Waals surface area contributed by atoms with Crippen molar-refractivity contribution in [1.29, 1.82) is 5.26 Å². The third kappa shape index (κ3) is 3.84. The molecule has 0 aliphatic heterocycles. The standard InChI is InChI=1S/C29H45N3/c1-19-6-5-7-23-24-12-13-29(4)27(21(3)17-32-18-22(15-30)16-31-32)10-11-28(29)25(24)9-8-20(2)26(23)14-19/h16,18-21,23-28H,5-14,17H2,1-4H3/t19-,20-,21+,23+,24?,25+,26?,27+,28?,29+/m0/s1. The van der Waals surface area contributed by atoms with Crippen molar-refractivity contribution in [3.05, 3.63) is 18.0 Å². The highest BCUT2D eigenvalue weighted by atomic mass is 15.3. The van der Waals surface area contributed by atoms with E-state index in [0.29, 0.717) is 16.9 Å². The molecule has 5 rings (SSSR count). The predicted octanol–water partition coefficient (Wildman–Crippen LogP) is 7.32. The number of hydrogen-bond donors (Lipinski definition) is 0. The lowest BCUT2D eigenvalue weighted by molar-refractivity contribution is -0.0310. The van der Waals surface area contributed by atoms with Gasteiger partial charge in [0.2, 0.25) is 0 Å². The zero-order valence-corrected chi connectivity index (χ0v) is 21.0. The van der Waals surface area contributed by atoms with Gasteiger partial charge in [-0.2, -0.15) is 10.4 Å². The van der Waals surface area contributed by atoms with Crippen LogP contribution in [-0.2, 0) is 6.54 Å². The Hall–Kier alpha value is -1.30. The van der Waals surface area contributed by atoms with E-state index >= 15 is 0 Å². The van der Waals surface area contributed by atoms with Crippen LogP contribution in [0.25, 0.3) is 0 Å². The average Bonchev–Trinajstić information content (AvgIpc) is 3.27. The summed E-state index contributed by atoms with van der Waals surface area (Å²) in [5, 5.41) is 13.6. The Kier molecular flexibility index (Phi) is 6.19. The van der Waals surface area contributed by atoms with Gasteiger partial charge < -0.3 is 0 Å². The van der Waals surface area contributed by atoms with E-state index in [0.717, 1.165) is 53.9 Å². The molecule has 3 unspecified atom stereocenters. The Bertz CT molecular complexity index is 836. The van der Waals surface area contributed by atoms with Gasteiger partial charge in [0.05, 0.1) is 11.8 Å². The van der Waals surface area contributed by atoms with Crippen molar-refractivity contribution in [2.24, 2.45) is 58.7 Å². The smallest absolute Gasteiger partial charge is 0.102 e. The third-order valence-electron chi connectivity index (χ3n) is 11.2. The molecule has 32 heavy (non-hydrogen) atoms. The van der Waals surface area contributed by atoms with Crippen LogP contribution in [-0.4, -0.2) is 9.78 Å². The van der Waals surface area contributed by atoms with Crippen molar-refractivity contribution < 1.29 is 0 Å². The van der Waals surface area contributed by atoms with Gasteiger partial charge in [-0.1, -0.05) is 47.0 Å². The molecule has 4 fully saturated rings. The summed E-state index contributed by atoms with van der Waals surface area (Å²) in [7, 11) is 0. The van der Waals surface area contributed by atoms with Crippen LogP contribution in [0.5, 0.6) is 0 Å². The highest BCUT2D eigenvalue weighted by molar-refractivity contribution is 5.21. The van der Waals surface area contributed by atoms with Gasteiger partial charge in [0.1, 0.15) is 6.07 Å². The Labute approximate surface area is 196 Å². The van der Waals surface area contributed by atoms with Crippen LogP contribution in [0.2, 0.25) is 0 Å². The minimum Gasteiger partial charge on any atom is -0.271 e. The summed E-state index contributed by atoms with van der Waals surface area (Å²) in [6.45, 7) is 11.2. The molecule has 4 saturated carbocycles. The van der Waals surface area contributed by atoms with Gasteiger partial charge in [0, 0.05) is 12.7 Å². The van der Waals surface area contributed by atoms with Gasteiger partial charge >= 0.3 is 0 Å². The van der Waals surface area contributed by atoms with E-state index in [-0.39, 0.29) is 0 Å². The molecule has 1 aromatic heterocycles. The first kappa shape index (κ1) is 22.5. The van der Waals surface area contributed by atoms with Crippen molar-refractivity contribution in [3.8, 4) is 6.07 Å². The van der Waals surface area contributed by atoms with Crippen LogP contribution in [0.1, 0.15) is 97.5 Å². The van der Waals surface area contributed by atoms with E-state index < -0.39 is 0 Å². The molecular weight excluding hydrogens is 390 g/mol. The zero-order valence-electron chi connectivity index (χ0n) is 21.0. The fourth-order valence-electron chi connectivity index (χ4n) is 9.71. The SMILES string of the molecule is C[C@H]1CCC[C@@H]2C3CC[C@@]4(C)C(CC[C@@H]4[C@H](C)Cn4cc(C#N)cn4)[C@@H]3CC[C@H](C)C2C1. The fourth-order valence-corrected chi connectivity index (χ4v) is 9.71. The molecule has 4 aliphatic carbocycles. The lowest BCUT2D eigenvalue weighted by atomic mass is 9.53. The number of hydrogen-bond acceptors (Lipinski definition) is 2. The van der Waals surface area contributed by atoms with Gasteiger partial charge in [-0.3, -0.25) is 4.68 Å². The van der Waals surface area contributed by atoms with Crippen LogP contribution in [0.15, 0.2) is 12.4 Å². The van der Waals surface area contributed by atoms with Crippen molar-refractivity contribution in [2.45, 2.75) is 98.4 Å². The molecule has 176 valence electrons. The average molecular weight is 436 g/mol. The largest absolute Gasteiger partial charge is 0.271 e. The van der Waals surface area contributed by atoms with E-state index in [1.165, 1.54) is 64.2 Å². The molecular formula is C29H45N3. The summed E-state index contributed by atoms with van der Waals surface area (Å²) in [5.74, 6) is 8.24. The van der Waals surface area contributed by atoms with Gasteiger partial charge in [0.15, 0.2) is 0 Å². The van der Waals surface area contributed by atoms with E-state index in [1.54, 1.807) is 6.20 Å². The molecule has 3 nitrogen and oxygen atoms in total. The zero-order chi connectivity index (χ0) is 22.5. The number of aromatic nitrogens is 2. The molecule has 3 heteroatoms. The van der Waals surface area contributed by atoms with Gasteiger partial charge in [0.25, 0.3) is 0 Å². The van der Waals surface area contributed by atoms with Crippen molar-refractivity contribution in [3.63, 3.8) is 0 Å². The second-order valence-corrected chi connectivity index (χ2v) is 12.9. The van der Waals surface area contributed by atoms with E-state index in [9.17, 15) is 0 Å². The molecule has 0 bridgehead atoms. The number of fused-ring (bicyclic) bond motifs is 5. The molecule has 1 aromatic rings. The Morgan fingerprint density at radius 1 is 1.06 bits per heavy atom. The van der Waals surface area contributed by atoms with Gasteiger partial charge in [-0.05, 0) is 104 Å². The lowest BCUT2D eigenvalue weighted by Gasteiger charge is -2.52. The van der Waals surface area contributed by atoms with Crippen molar-refractivity contribution in [1.82, 2.24) is 9.78 Å². The Morgan fingerprint density at radius 2 is 1.88 bits per heavy atom. The van der Waals surface area contributed by atoms with Crippen molar-refractivity contribution in [2.75, 3.05) is 0 Å². The van der Waals surface area contributed by atoms with Gasteiger partial charge in [-0.25, -0.2) is 0 Å². The monoisotopic (exact) mass is 435 g/mol. The van der Waals surface area contributed by atoms with Crippen molar-refractivity contribution >= 4 is 0 Å². The summed E-state index contributed by atoms with van der Waals surface area (Å²) < 4.78 is 2.02. The molecule has 0 radical (unpaired) electrons. The predicted molar refractivity (Wildman–Crippen MR) is 130 cm³/mol. The van der Waals surface area contributed by atoms with Crippen LogP contribution >= 0.6 is 0 Å². The summed E-state index contributed by atoms with van der Waals surface area (Å²) in [5.41, 5.74) is 1.19. The number of nitrogens with zero attached hydrogens (tertiary/aromatic N) is 3. The minimum absolute atomic E-state index is 0.507. The lowest BCUT2D eigenvalue weighted by Crippen LogP contribution is -2.45. The number of rotatable bonds is 3. The molecule has 10 atom stereocenters. The molecule has 1 heterocycles. The molecule has 0 saturated heterocycles. The summed E-state index contributed by atoms with van der Waals surface area (Å²) in [4.78, 5) is 0. The highest BCUT2D eigenvalue weighted by Crippen LogP contribution is 2.65. The Morgan fingerprint density at radius 3 is 2.66 bits per heavy atom. The molecule has 0 aromatic carbocycles. The second kappa shape index (κ2) is 8.81. The first-order valence-corrected chi connectivity index (χ1v) is 13.8. The van der Waals surface area contributed by atoms with E-state index in [2.05, 4.69) is 38.9 Å². The Balaban J connectivity index is 1.35.